The normalized spacial score (nSPS) is 20.2. The Kier molecular flexibility index (Phi) is 8.23. The van der Waals surface area contributed by atoms with Crippen LogP contribution in [0.4, 0.5) is 0 Å². The van der Waals surface area contributed by atoms with Crippen molar-refractivity contribution in [1.82, 2.24) is 5.32 Å². The number of nitrogens with one attached hydrogen (secondary N) is 1. The molecule has 0 heterocycles. The van der Waals surface area contributed by atoms with Gasteiger partial charge in [-0.2, -0.15) is 0 Å². The van der Waals surface area contributed by atoms with E-state index < -0.39 is 0 Å². The number of hydrogen-bond donors (Lipinski definition) is 2. The number of amides is 1. The molecule has 2 unspecified atom stereocenters. The number of rotatable bonds is 7. The van der Waals surface area contributed by atoms with Gasteiger partial charge in [-0.05, 0) is 42.9 Å². The lowest BCUT2D eigenvalue weighted by molar-refractivity contribution is -0.125. The highest BCUT2D eigenvalue weighted by Gasteiger charge is 2.29. The molecule has 0 spiro atoms. The van der Waals surface area contributed by atoms with Crippen molar-refractivity contribution < 1.29 is 9.53 Å². The summed E-state index contributed by atoms with van der Waals surface area (Å²) in [4.78, 5) is 12.3. The SMILES string of the molecule is CC(C)COc1ccc(C(C)(C)CNC(=O)C2CCC(N)C2)cc1.Cl. The third kappa shape index (κ3) is 6.52. The molecule has 3 N–H and O–H groups in total. The number of nitrogens with two attached hydrogens (primary N) is 1. The van der Waals surface area contributed by atoms with Crippen LogP contribution in [0.15, 0.2) is 24.3 Å². The van der Waals surface area contributed by atoms with E-state index >= 15 is 0 Å². The van der Waals surface area contributed by atoms with Crippen molar-refractivity contribution in [2.75, 3.05) is 13.2 Å². The molecule has 0 aliphatic heterocycles. The van der Waals surface area contributed by atoms with E-state index in [1.54, 1.807) is 0 Å². The third-order valence-corrected chi connectivity index (χ3v) is 4.77. The molecule has 1 aliphatic carbocycles. The van der Waals surface area contributed by atoms with Crippen LogP contribution in [0.2, 0.25) is 0 Å². The summed E-state index contributed by atoms with van der Waals surface area (Å²) in [7, 11) is 0. The molecule has 0 aromatic heterocycles. The highest BCUT2D eigenvalue weighted by molar-refractivity contribution is 5.85. The Morgan fingerprint density at radius 1 is 1.28 bits per heavy atom. The molecule has 0 saturated heterocycles. The molecular weight excluding hydrogens is 336 g/mol. The molecule has 1 fully saturated rings. The maximum Gasteiger partial charge on any atom is 0.223 e. The molecular formula is C20H33ClN2O2. The fraction of sp³-hybridized carbons (Fsp3) is 0.650. The van der Waals surface area contributed by atoms with Gasteiger partial charge < -0.3 is 15.8 Å². The number of carbonyl (C=O) groups is 1. The van der Waals surface area contributed by atoms with Gasteiger partial charge in [0.15, 0.2) is 0 Å². The Morgan fingerprint density at radius 3 is 2.44 bits per heavy atom. The zero-order valence-electron chi connectivity index (χ0n) is 15.9. The van der Waals surface area contributed by atoms with Crippen LogP contribution in [0.25, 0.3) is 0 Å². The van der Waals surface area contributed by atoms with Crippen LogP contribution in [0.5, 0.6) is 5.75 Å². The molecule has 2 rings (SSSR count). The minimum Gasteiger partial charge on any atom is -0.493 e. The summed E-state index contributed by atoms with van der Waals surface area (Å²) in [6.45, 7) is 9.93. The van der Waals surface area contributed by atoms with Gasteiger partial charge in [-0.15, -0.1) is 12.4 Å². The highest BCUT2D eigenvalue weighted by Crippen LogP contribution is 2.27. The first-order valence-corrected chi connectivity index (χ1v) is 9.04. The molecule has 1 amide bonds. The molecule has 2 atom stereocenters. The minimum atomic E-state index is -0.118. The average molecular weight is 369 g/mol. The highest BCUT2D eigenvalue weighted by atomic mass is 35.5. The number of halogens is 1. The maximum absolute atomic E-state index is 12.3. The predicted molar refractivity (Wildman–Crippen MR) is 105 cm³/mol. The fourth-order valence-electron chi connectivity index (χ4n) is 3.07. The van der Waals surface area contributed by atoms with Crippen LogP contribution in [0.3, 0.4) is 0 Å². The van der Waals surface area contributed by atoms with Gasteiger partial charge >= 0.3 is 0 Å². The van der Waals surface area contributed by atoms with E-state index in [4.69, 9.17) is 10.5 Å². The molecule has 4 nitrogen and oxygen atoms in total. The largest absolute Gasteiger partial charge is 0.493 e. The van der Waals surface area contributed by atoms with Crippen molar-refractivity contribution in [2.45, 2.75) is 58.4 Å². The van der Waals surface area contributed by atoms with Crippen molar-refractivity contribution in [3.05, 3.63) is 29.8 Å². The first kappa shape index (κ1) is 21.8. The number of ether oxygens (including phenoxy) is 1. The van der Waals surface area contributed by atoms with Crippen LogP contribution in [0.1, 0.15) is 52.5 Å². The Labute approximate surface area is 158 Å². The standard InChI is InChI=1S/C20H32N2O2.ClH/c1-14(2)12-24-18-9-6-16(7-10-18)20(3,4)13-22-19(23)15-5-8-17(21)11-15;/h6-7,9-10,14-15,17H,5,8,11-13,21H2,1-4H3,(H,22,23);1H. The molecule has 5 heteroatoms. The summed E-state index contributed by atoms with van der Waals surface area (Å²) in [5.74, 6) is 1.64. The first-order valence-electron chi connectivity index (χ1n) is 9.04. The Morgan fingerprint density at radius 2 is 1.92 bits per heavy atom. The zero-order chi connectivity index (χ0) is 17.7. The van der Waals surface area contributed by atoms with Crippen LogP contribution >= 0.6 is 12.4 Å². The van der Waals surface area contributed by atoms with Crippen LogP contribution in [0, 0.1) is 11.8 Å². The lowest BCUT2D eigenvalue weighted by atomic mass is 9.84. The Balaban J connectivity index is 0.00000312. The summed E-state index contributed by atoms with van der Waals surface area (Å²) < 4.78 is 5.73. The monoisotopic (exact) mass is 368 g/mol. The summed E-state index contributed by atoms with van der Waals surface area (Å²) in [6, 6.07) is 8.39. The van der Waals surface area contributed by atoms with Crippen LogP contribution in [-0.4, -0.2) is 25.1 Å². The lowest BCUT2D eigenvalue weighted by Gasteiger charge is -2.26. The van der Waals surface area contributed by atoms with Gasteiger partial charge in [0.05, 0.1) is 6.61 Å². The Hall–Kier alpha value is -1.26. The van der Waals surface area contributed by atoms with Crippen molar-refractivity contribution in [3.8, 4) is 5.75 Å². The molecule has 1 aromatic carbocycles. The summed E-state index contributed by atoms with van der Waals surface area (Å²) >= 11 is 0. The summed E-state index contributed by atoms with van der Waals surface area (Å²) in [5.41, 5.74) is 6.98. The maximum atomic E-state index is 12.3. The second kappa shape index (κ2) is 9.44. The van der Waals surface area contributed by atoms with E-state index in [-0.39, 0.29) is 35.7 Å². The van der Waals surface area contributed by atoms with Gasteiger partial charge in [0, 0.05) is 23.9 Å². The lowest BCUT2D eigenvalue weighted by Crippen LogP contribution is -2.39. The molecule has 1 saturated carbocycles. The minimum absolute atomic E-state index is 0. The molecule has 1 aliphatic rings. The molecule has 142 valence electrons. The van der Waals surface area contributed by atoms with Gasteiger partial charge in [0.25, 0.3) is 0 Å². The number of benzene rings is 1. The third-order valence-electron chi connectivity index (χ3n) is 4.77. The van der Waals surface area contributed by atoms with E-state index in [1.165, 1.54) is 5.56 Å². The van der Waals surface area contributed by atoms with Gasteiger partial charge in [-0.1, -0.05) is 39.8 Å². The van der Waals surface area contributed by atoms with Crippen LogP contribution in [-0.2, 0) is 10.2 Å². The van der Waals surface area contributed by atoms with Crippen molar-refractivity contribution >= 4 is 18.3 Å². The van der Waals surface area contributed by atoms with Crippen LogP contribution < -0.4 is 15.8 Å². The molecule has 1 aromatic rings. The second-order valence-corrected chi connectivity index (χ2v) is 8.10. The Bertz CT molecular complexity index is 543. The van der Waals surface area contributed by atoms with Gasteiger partial charge in [-0.3, -0.25) is 4.79 Å². The topological polar surface area (TPSA) is 64.3 Å². The number of hydrogen-bond acceptors (Lipinski definition) is 3. The van der Waals surface area contributed by atoms with Gasteiger partial charge in [0.2, 0.25) is 5.91 Å². The summed E-state index contributed by atoms with van der Waals surface area (Å²) in [6.07, 6.45) is 2.68. The van der Waals surface area contributed by atoms with E-state index in [0.717, 1.165) is 31.6 Å². The first-order chi connectivity index (χ1) is 11.3. The van der Waals surface area contributed by atoms with E-state index in [2.05, 4.69) is 45.1 Å². The number of carbonyl (C=O) groups excluding carboxylic acids is 1. The quantitative estimate of drug-likeness (QED) is 0.771. The van der Waals surface area contributed by atoms with E-state index in [0.29, 0.717) is 12.5 Å². The average Bonchev–Trinajstić information content (AvgIpc) is 2.97. The van der Waals surface area contributed by atoms with E-state index in [9.17, 15) is 4.79 Å². The van der Waals surface area contributed by atoms with Gasteiger partial charge in [-0.25, -0.2) is 0 Å². The van der Waals surface area contributed by atoms with E-state index in [1.807, 2.05) is 12.1 Å². The zero-order valence-corrected chi connectivity index (χ0v) is 16.7. The summed E-state index contributed by atoms with van der Waals surface area (Å²) in [5, 5.41) is 3.11. The smallest absolute Gasteiger partial charge is 0.223 e. The molecule has 25 heavy (non-hydrogen) atoms. The van der Waals surface area contributed by atoms with Crippen molar-refractivity contribution in [3.63, 3.8) is 0 Å². The molecule has 0 radical (unpaired) electrons. The second-order valence-electron chi connectivity index (χ2n) is 8.10. The predicted octanol–water partition coefficient (Wildman–Crippen LogP) is 3.66. The van der Waals surface area contributed by atoms with Crippen molar-refractivity contribution in [1.29, 1.82) is 0 Å². The molecule has 0 bridgehead atoms. The van der Waals surface area contributed by atoms with Crippen molar-refractivity contribution in [2.24, 2.45) is 17.6 Å². The fourth-order valence-corrected chi connectivity index (χ4v) is 3.07. The van der Waals surface area contributed by atoms with Gasteiger partial charge in [0.1, 0.15) is 5.75 Å².